The van der Waals surface area contributed by atoms with Gasteiger partial charge in [-0.05, 0) is 29.9 Å². The standard InChI is InChI=1S/C14H16N2O/c15-14(13-5-2-8-17-13)12-4-1-3-10-9-16-7-6-11(10)12/h1,3-4,6-7,9,13-14H,2,5,8,15H2. The summed E-state index contributed by atoms with van der Waals surface area (Å²) in [6, 6.07) is 8.18. The Balaban J connectivity index is 2.04. The molecule has 2 unspecified atom stereocenters. The fourth-order valence-electron chi connectivity index (χ4n) is 2.52. The van der Waals surface area contributed by atoms with Crippen LogP contribution in [0.2, 0.25) is 0 Å². The quantitative estimate of drug-likeness (QED) is 0.858. The highest BCUT2D eigenvalue weighted by molar-refractivity contribution is 5.85. The summed E-state index contributed by atoms with van der Waals surface area (Å²) < 4.78 is 5.68. The van der Waals surface area contributed by atoms with E-state index in [1.807, 2.05) is 24.5 Å². The zero-order chi connectivity index (χ0) is 11.7. The fraction of sp³-hybridized carbons (Fsp3) is 0.357. The first-order valence-corrected chi connectivity index (χ1v) is 6.06. The van der Waals surface area contributed by atoms with E-state index >= 15 is 0 Å². The van der Waals surface area contributed by atoms with Gasteiger partial charge in [-0.2, -0.15) is 0 Å². The van der Waals surface area contributed by atoms with E-state index in [0.29, 0.717) is 0 Å². The van der Waals surface area contributed by atoms with Gasteiger partial charge in [0.15, 0.2) is 0 Å². The van der Waals surface area contributed by atoms with Gasteiger partial charge in [0.1, 0.15) is 0 Å². The lowest BCUT2D eigenvalue weighted by molar-refractivity contribution is 0.0904. The molecule has 1 saturated heterocycles. The highest BCUT2D eigenvalue weighted by atomic mass is 16.5. The first kappa shape index (κ1) is 10.7. The third kappa shape index (κ3) is 1.92. The fourth-order valence-corrected chi connectivity index (χ4v) is 2.52. The van der Waals surface area contributed by atoms with Crippen molar-refractivity contribution in [1.29, 1.82) is 0 Å². The van der Waals surface area contributed by atoms with E-state index < -0.39 is 0 Å². The molecule has 1 aliphatic rings. The second-order valence-electron chi connectivity index (χ2n) is 4.52. The van der Waals surface area contributed by atoms with Gasteiger partial charge in [-0.25, -0.2) is 0 Å². The van der Waals surface area contributed by atoms with E-state index in [4.69, 9.17) is 10.5 Å². The highest BCUT2D eigenvalue weighted by Crippen LogP contribution is 2.29. The molecule has 0 aliphatic carbocycles. The maximum atomic E-state index is 6.32. The lowest BCUT2D eigenvalue weighted by Gasteiger charge is -2.20. The van der Waals surface area contributed by atoms with E-state index in [-0.39, 0.29) is 12.1 Å². The van der Waals surface area contributed by atoms with Crippen LogP contribution in [0.25, 0.3) is 10.8 Å². The largest absolute Gasteiger partial charge is 0.376 e. The Hall–Kier alpha value is -1.45. The third-order valence-corrected chi connectivity index (χ3v) is 3.44. The maximum Gasteiger partial charge on any atom is 0.0768 e. The van der Waals surface area contributed by atoms with E-state index in [1.54, 1.807) is 0 Å². The van der Waals surface area contributed by atoms with Crippen molar-refractivity contribution in [2.75, 3.05) is 6.61 Å². The lowest BCUT2D eigenvalue weighted by Crippen LogP contribution is -2.25. The average molecular weight is 228 g/mol. The van der Waals surface area contributed by atoms with E-state index in [9.17, 15) is 0 Å². The molecule has 2 atom stereocenters. The second-order valence-corrected chi connectivity index (χ2v) is 4.52. The second kappa shape index (κ2) is 4.43. The number of nitrogens with zero attached hydrogens (tertiary/aromatic N) is 1. The van der Waals surface area contributed by atoms with Gasteiger partial charge in [0, 0.05) is 24.4 Å². The molecule has 1 aliphatic heterocycles. The SMILES string of the molecule is NC(c1cccc2cnccc12)C1CCCO1. The number of pyridine rings is 1. The van der Waals surface area contributed by atoms with Crippen LogP contribution in [0, 0.1) is 0 Å². The number of rotatable bonds is 2. The normalized spacial score (nSPS) is 21.8. The van der Waals surface area contributed by atoms with Crippen molar-refractivity contribution in [3.05, 3.63) is 42.2 Å². The molecular weight excluding hydrogens is 212 g/mol. The Labute approximate surface area is 101 Å². The average Bonchev–Trinajstić information content (AvgIpc) is 2.91. The molecule has 88 valence electrons. The Kier molecular flexibility index (Phi) is 2.79. The number of ether oxygens (including phenoxy) is 1. The molecule has 3 nitrogen and oxygen atoms in total. The molecule has 0 saturated carbocycles. The van der Waals surface area contributed by atoms with Crippen molar-refractivity contribution in [2.24, 2.45) is 5.73 Å². The van der Waals surface area contributed by atoms with Crippen LogP contribution in [0.5, 0.6) is 0 Å². The van der Waals surface area contributed by atoms with Crippen molar-refractivity contribution < 1.29 is 4.74 Å². The molecule has 0 amide bonds. The lowest BCUT2D eigenvalue weighted by atomic mass is 9.96. The predicted molar refractivity (Wildman–Crippen MR) is 67.6 cm³/mol. The van der Waals surface area contributed by atoms with Gasteiger partial charge < -0.3 is 10.5 Å². The number of hydrogen-bond donors (Lipinski definition) is 1. The molecule has 1 aromatic heterocycles. The zero-order valence-electron chi connectivity index (χ0n) is 9.67. The van der Waals surface area contributed by atoms with Crippen LogP contribution in [-0.2, 0) is 4.74 Å². The summed E-state index contributed by atoms with van der Waals surface area (Å²) in [5, 5.41) is 2.32. The molecule has 3 heteroatoms. The number of fused-ring (bicyclic) bond motifs is 1. The van der Waals surface area contributed by atoms with Crippen molar-refractivity contribution >= 4 is 10.8 Å². The van der Waals surface area contributed by atoms with E-state index in [2.05, 4.69) is 17.1 Å². The van der Waals surface area contributed by atoms with E-state index in [0.717, 1.165) is 30.4 Å². The first-order chi connectivity index (χ1) is 8.36. The highest BCUT2D eigenvalue weighted by Gasteiger charge is 2.25. The Morgan fingerprint density at radius 2 is 2.29 bits per heavy atom. The van der Waals surface area contributed by atoms with Gasteiger partial charge in [-0.15, -0.1) is 0 Å². The van der Waals surface area contributed by atoms with Crippen molar-refractivity contribution in [2.45, 2.75) is 25.0 Å². The topological polar surface area (TPSA) is 48.1 Å². The molecule has 2 heterocycles. The summed E-state index contributed by atoms with van der Waals surface area (Å²) >= 11 is 0. The van der Waals surface area contributed by atoms with Crippen LogP contribution in [0.15, 0.2) is 36.7 Å². The summed E-state index contributed by atoms with van der Waals surface area (Å²) in [5.74, 6) is 0. The van der Waals surface area contributed by atoms with Gasteiger partial charge in [-0.1, -0.05) is 18.2 Å². The van der Waals surface area contributed by atoms with Gasteiger partial charge in [0.25, 0.3) is 0 Å². The van der Waals surface area contributed by atoms with Crippen LogP contribution >= 0.6 is 0 Å². The number of benzene rings is 1. The molecular formula is C14H16N2O. The van der Waals surface area contributed by atoms with Gasteiger partial charge in [-0.3, -0.25) is 4.98 Å². The summed E-state index contributed by atoms with van der Waals surface area (Å²) in [7, 11) is 0. The van der Waals surface area contributed by atoms with Crippen LogP contribution in [0.1, 0.15) is 24.4 Å². The summed E-state index contributed by atoms with van der Waals surface area (Å²) in [6.45, 7) is 0.838. The molecule has 17 heavy (non-hydrogen) atoms. The zero-order valence-corrected chi connectivity index (χ0v) is 9.67. The minimum atomic E-state index is -0.0383. The Morgan fingerprint density at radius 3 is 3.12 bits per heavy atom. The molecule has 0 radical (unpaired) electrons. The van der Waals surface area contributed by atoms with Crippen molar-refractivity contribution in [3.63, 3.8) is 0 Å². The number of aromatic nitrogens is 1. The number of nitrogens with two attached hydrogens (primary N) is 1. The van der Waals surface area contributed by atoms with Crippen LogP contribution in [-0.4, -0.2) is 17.7 Å². The Bertz CT molecular complexity index is 515. The third-order valence-electron chi connectivity index (χ3n) is 3.44. The summed E-state index contributed by atoms with van der Waals surface area (Å²) in [5.41, 5.74) is 7.48. The molecule has 1 fully saturated rings. The van der Waals surface area contributed by atoms with Gasteiger partial charge >= 0.3 is 0 Å². The van der Waals surface area contributed by atoms with Gasteiger partial charge in [0.05, 0.1) is 12.1 Å². The van der Waals surface area contributed by atoms with Crippen LogP contribution in [0.3, 0.4) is 0 Å². The molecule has 3 rings (SSSR count). The summed E-state index contributed by atoms with van der Waals surface area (Å²) in [4.78, 5) is 4.14. The first-order valence-electron chi connectivity index (χ1n) is 6.06. The van der Waals surface area contributed by atoms with Crippen molar-refractivity contribution in [3.8, 4) is 0 Å². The van der Waals surface area contributed by atoms with Gasteiger partial charge in [0.2, 0.25) is 0 Å². The molecule has 0 spiro atoms. The molecule has 2 N–H and O–H groups in total. The summed E-state index contributed by atoms with van der Waals surface area (Å²) in [6.07, 6.45) is 6.02. The van der Waals surface area contributed by atoms with Crippen LogP contribution in [0.4, 0.5) is 0 Å². The smallest absolute Gasteiger partial charge is 0.0768 e. The van der Waals surface area contributed by atoms with Crippen LogP contribution < -0.4 is 5.73 Å². The maximum absolute atomic E-state index is 6.32. The molecule has 2 aromatic rings. The van der Waals surface area contributed by atoms with E-state index in [1.165, 1.54) is 5.39 Å². The molecule has 1 aromatic carbocycles. The monoisotopic (exact) mass is 228 g/mol. The number of hydrogen-bond acceptors (Lipinski definition) is 3. The minimum absolute atomic E-state index is 0.0383. The Morgan fingerprint density at radius 1 is 1.35 bits per heavy atom. The molecule has 0 bridgehead atoms. The minimum Gasteiger partial charge on any atom is -0.376 e. The predicted octanol–water partition coefficient (Wildman–Crippen LogP) is 2.41. The van der Waals surface area contributed by atoms with Crippen molar-refractivity contribution in [1.82, 2.24) is 4.98 Å².